The highest BCUT2D eigenvalue weighted by molar-refractivity contribution is 6.23. The lowest BCUT2D eigenvalue weighted by atomic mass is 9.85. The summed E-state index contributed by atoms with van der Waals surface area (Å²) in [6.07, 6.45) is 6.79. The molecule has 118 valence electrons. The summed E-state index contributed by atoms with van der Waals surface area (Å²) < 4.78 is 0. The van der Waals surface area contributed by atoms with Gasteiger partial charge in [0.2, 0.25) is 11.8 Å². The Morgan fingerprint density at radius 1 is 0.833 bits per heavy atom. The standard InChI is InChI=1S/C21H17NO2/c23-19-17-15-7-8-16(21(15)9-10-21)18(17)20(24)22(19)14-6-5-12-3-1-2-4-13(12)11-14/h1-8,11,15-18H,9-10H2/t15-,16-,17-,18+/m0/s1. The van der Waals surface area contributed by atoms with Crippen LogP contribution in [-0.2, 0) is 9.59 Å². The normalized spacial score (nSPS) is 34.6. The maximum absolute atomic E-state index is 13.1. The van der Waals surface area contributed by atoms with E-state index in [0.717, 1.165) is 16.5 Å². The number of anilines is 1. The van der Waals surface area contributed by atoms with Crippen LogP contribution >= 0.6 is 0 Å². The number of carbonyl (C=O) groups is 2. The van der Waals surface area contributed by atoms with Gasteiger partial charge in [-0.2, -0.15) is 0 Å². The molecule has 0 N–H and O–H groups in total. The van der Waals surface area contributed by atoms with E-state index in [1.54, 1.807) is 0 Å². The van der Waals surface area contributed by atoms with Crippen LogP contribution in [0.2, 0.25) is 0 Å². The van der Waals surface area contributed by atoms with Crippen LogP contribution in [-0.4, -0.2) is 11.8 Å². The Morgan fingerprint density at radius 3 is 2.08 bits per heavy atom. The molecule has 3 heteroatoms. The predicted octanol–water partition coefficient (Wildman–Crippen LogP) is 3.54. The summed E-state index contributed by atoms with van der Waals surface area (Å²) >= 11 is 0. The lowest BCUT2D eigenvalue weighted by Crippen LogP contribution is -2.34. The largest absolute Gasteiger partial charge is 0.274 e. The Balaban J connectivity index is 1.45. The predicted molar refractivity (Wildman–Crippen MR) is 91.2 cm³/mol. The molecule has 4 aliphatic rings. The van der Waals surface area contributed by atoms with Crippen LogP contribution in [0.25, 0.3) is 10.8 Å². The molecule has 3 aliphatic carbocycles. The maximum atomic E-state index is 13.1. The van der Waals surface area contributed by atoms with Crippen LogP contribution in [0.1, 0.15) is 12.8 Å². The van der Waals surface area contributed by atoms with Gasteiger partial charge in [0.25, 0.3) is 0 Å². The quantitative estimate of drug-likeness (QED) is 0.596. The smallest absolute Gasteiger partial charge is 0.238 e. The number of amides is 2. The van der Waals surface area contributed by atoms with Crippen molar-refractivity contribution >= 4 is 28.3 Å². The molecule has 2 amide bonds. The van der Waals surface area contributed by atoms with Crippen LogP contribution in [0.15, 0.2) is 54.6 Å². The molecule has 24 heavy (non-hydrogen) atoms. The minimum absolute atomic E-state index is 0.0170. The molecule has 1 spiro atoms. The van der Waals surface area contributed by atoms with Crippen molar-refractivity contribution in [2.75, 3.05) is 4.90 Å². The van der Waals surface area contributed by atoms with Crippen molar-refractivity contribution in [3.05, 3.63) is 54.6 Å². The number of hydrogen-bond donors (Lipinski definition) is 0. The fourth-order valence-corrected chi connectivity index (χ4v) is 5.65. The summed E-state index contributed by atoms with van der Waals surface area (Å²) in [7, 11) is 0. The highest BCUT2D eigenvalue weighted by Gasteiger charge is 2.73. The van der Waals surface area contributed by atoms with Gasteiger partial charge < -0.3 is 0 Å². The molecular weight excluding hydrogens is 298 g/mol. The molecule has 3 fully saturated rings. The molecule has 2 saturated carbocycles. The molecule has 0 radical (unpaired) electrons. The van der Waals surface area contributed by atoms with Crippen molar-refractivity contribution in [1.29, 1.82) is 0 Å². The van der Waals surface area contributed by atoms with E-state index >= 15 is 0 Å². The van der Waals surface area contributed by atoms with E-state index in [4.69, 9.17) is 0 Å². The third-order valence-corrected chi connectivity index (χ3v) is 6.84. The van der Waals surface area contributed by atoms with Crippen molar-refractivity contribution in [3.63, 3.8) is 0 Å². The first-order valence-electron chi connectivity index (χ1n) is 8.76. The fourth-order valence-electron chi connectivity index (χ4n) is 5.65. The number of rotatable bonds is 1. The highest BCUT2D eigenvalue weighted by Crippen LogP contribution is 2.73. The van der Waals surface area contributed by atoms with Gasteiger partial charge in [0.05, 0.1) is 17.5 Å². The van der Waals surface area contributed by atoms with Gasteiger partial charge in [-0.15, -0.1) is 0 Å². The van der Waals surface area contributed by atoms with Gasteiger partial charge in [-0.05, 0) is 53.0 Å². The van der Waals surface area contributed by atoms with Gasteiger partial charge in [0.15, 0.2) is 0 Å². The number of allylic oxidation sites excluding steroid dienone is 2. The first-order valence-corrected chi connectivity index (χ1v) is 8.76. The van der Waals surface area contributed by atoms with Crippen molar-refractivity contribution in [1.82, 2.24) is 0 Å². The Hall–Kier alpha value is -2.42. The average molecular weight is 315 g/mol. The monoisotopic (exact) mass is 315 g/mol. The number of hydrogen-bond acceptors (Lipinski definition) is 2. The molecule has 0 aromatic heterocycles. The second kappa shape index (κ2) is 3.97. The van der Waals surface area contributed by atoms with Gasteiger partial charge in [-0.3, -0.25) is 9.59 Å². The fraction of sp³-hybridized carbons (Fsp3) is 0.333. The lowest BCUT2D eigenvalue weighted by molar-refractivity contribution is -0.123. The molecule has 2 aromatic carbocycles. The zero-order chi connectivity index (χ0) is 16.1. The minimum Gasteiger partial charge on any atom is -0.274 e. The second-order valence-corrected chi connectivity index (χ2v) is 7.76. The number of benzene rings is 2. The number of imide groups is 1. The van der Waals surface area contributed by atoms with E-state index in [-0.39, 0.29) is 40.9 Å². The lowest BCUT2D eigenvalue weighted by Gasteiger charge is -2.22. The molecule has 4 atom stereocenters. The van der Waals surface area contributed by atoms with Gasteiger partial charge >= 0.3 is 0 Å². The van der Waals surface area contributed by atoms with Crippen molar-refractivity contribution in [2.24, 2.45) is 29.1 Å². The van der Waals surface area contributed by atoms with E-state index < -0.39 is 0 Å². The number of nitrogens with zero attached hydrogens (tertiary/aromatic N) is 1. The Bertz CT molecular complexity index is 921. The topological polar surface area (TPSA) is 37.4 Å². The van der Waals surface area contributed by atoms with Gasteiger partial charge in [-0.1, -0.05) is 42.5 Å². The molecule has 2 bridgehead atoms. The van der Waals surface area contributed by atoms with Crippen LogP contribution < -0.4 is 4.90 Å². The summed E-state index contributed by atoms with van der Waals surface area (Å²) in [6.45, 7) is 0. The van der Waals surface area contributed by atoms with Crippen LogP contribution in [0.4, 0.5) is 5.69 Å². The van der Waals surface area contributed by atoms with Crippen LogP contribution in [0, 0.1) is 29.1 Å². The molecule has 1 heterocycles. The van der Waals surface area contributed by atoms with E-state index in [1.807, 2.05) is 42.5 Å². The summed E-state index contributed by atoms with van der Waals surface area (Å²) in [6, 6.07) is 13.9. The molecule has 1 aliphatic heterocycles. The summed E-state index contributed by atoms with van der Waals surface area (Å²) in [4.78, 5) is 27.7. The van der Waals surface area contributed by atoms with Crippen molar-refractivity contribution in [3.8, 4) is 0 Å². The zero-order valence-electron chi connectivity index (χ0n) is 13.2. The Morgan fingerprint density at radius 2 is 1.46 bits per heavy atom. The van der Waals surface area contributed by atoms with Crippen molar-refractivity contribution in [2.45, 2.75) is 12.8 Å². The summed E-state index contributed by atoms with van der Waals surface area (Å²) in [5, 5.41) is 2.19. The van der Waals surface area contributed by atoms with E-state index in [2.05, 4.69) is 12.2 Å². The van der Waals surface area contributed by atoms with E-state index in [0.29, 0.717) is 0 Å². The molecule has 6 rings (SSSR count). The van der Waals surface area contributed by atoms with Crippen LogP contribution in [0.3, 0.4) is 0 Å². The van der Waals surface area contributed by atoms with E-state index in [9.17, 15) is 9.59 Å². The Kier molecular flexibility index (Phi) is 2.14. The maximum Gasteiger partial charge on any atom is 0.238 e. The zero-order valence-corrected chi connectivity index (χ0v) is 13.2. The summed E-state index contributed by atoms with van der Waals surface area (Å²) in [5.74, 6) is 0.360. The molecular formula is C21H17NO2. The molecule has 0 unspecified atom stereocenters. The first kappa shape index (κ1) is 12.9. The SMILES string of the molecule is O=C1[C@@H]2[C@H](C(=O)N1c1ccc3ccccc3c1)[C@@H]1C=C[C@@H]2C12CC2. The molecule has 2 aromatic rings. The minimum atomic E-state index is -0.124. The number of carbonyl (C=O) groups excluding carboxylic acids is 2. The number of fused-ring (bicyclic) bond motifs is 4. The Labute approximate surface area is 139 Å². The second-order valence-electron chi connectivity index (χ2n) is 7.76. The molecule has 3 nitrogen and oxygen atoms in total. The highest BCUT2D eigenvalue weighted by atomic mass is 16.2. The molecule has 1 saturated heterocycles. The average Bonchev–Trinajstić information content (AvgIpc) is 3.20. The third-order valence-electron chi connectivity index (χ3n) is 6.84. The van der Waals surface area contributed by atoms with Gasteiger partial charge in [0, 0.05) is 0 Å². The van der Waals surface area contributed by atoms with Crippen molar-refractivity contribution < 1.29 is 9.59 Å². The first-order chi connectivity index (χ1) is 11.7. The van der Waals surface area contributed by atoms with Gasteiger partial charge in [0.1, 0.15) is 0 Å². The third kappa shape index (κ3) is 1.32. The van der Waals surface area contributed by atoms with Crippen LogP contribution in [0.5, 0.6) is 0 Å². The van der Waals surface area contributed by atoms with Gasteiger partial charge in [-0.25, -0.2) is 4.90 Å². The summed E-state index contributed by atoms with van der Waals surface area (Å²) in [5.41, 5.74) is 0.984. The van der Waals surface area contributed by atoms with E-state index in [1.165, 1.54) is 17.7 Å².